The normalized spacial score (nSPS) is 10.0. The van der Waals surface area contributed by atoms with Gasteiger partial charge in [-0.3, -0.25) is 4.79 Å². The predicted octanol–water partition coefficient (Wildman–Crippen LogP) is 0.814. The van der Waals surface area contributed by atoms with Gasteiger partial charge in [-0.1, -0.05) is 0 Å². The minimum atomic E-state index is -0.217. The number of halogens is 1. The molecule has 0 aliphatic rings. The van der Waals surface area contributed by atoms with Crippen LogP contribution in [0.4, 0.5) is 0 Å². The van der Waals surface area contributed by atoms with Gasteiger partial charge in [-0.15, -0.1) is 12.4 Å². The van der Waals surface area contributed by atoms with Crippen molar-refractivity contribution in [3.05, 3.63) is 23.7 Å². The zero-order chi connectivity index (χ0) is 13.2. The molecule has 0 fully saturated rings. The van der Waals surface area contributed by atoms with Gasteiger partial charge in [-0.25, -0.2) is 0 Å². The van der Waals surface area contributed by atoms with Crippen LogP contribution in [-0.4, -0.2) is 46.4 Å². The lowest BCUT2D eigenvalue weighted by molar-refractivity contribution is 0.0917. The molecule has 110 valence electrons. The van der Waals surface area contributed by atoms with Gasteiger partial charge < -0.3 is 24.5 Å². The highest BCUT2D eigenvalue weighted by Gasteiger charge is 2.09. The number of amides is 1. The quantitative estimate of drug-likeness (QED) is 0.659. The molecule has 0 aromatic carbocycles. The molecule has 0 unspecified atom stereocenters. The molecule has 1 aromatic rings. The third kappa shape index (κ3) is 7.17. The Morgan fingerprint density at radius 2 is 2.00 bits per heavy atom. The molecule has 0 aliphatic heterocycles. The first-order valence-electron chi connectivity index (χ1n) is 5.83. The van der Waals surface area contributed by atoms with Gasteiger partial charge in [-0.2, -0.15) is 0 Å². The molecular formula is C12H21ClN2O4. The number of hydrogen-bond donors (Lipinski definition) is 2. The summed E-state index contributed by atoms with van der Waals surface area (Å²) in [6.45, 7) is 3.03. The summed E-state index contributed by atoms with van der Waals surface area (Å²) in [6.07, 6.45) is 0. The molecule has 1 aromatic heterocycles. The van der Waals surface area contributed by atoms with E-state index in [0.29, 0.717) is 37.8 Å². The molecule has 1 rings (SSSR count). The maximum absolute atomic E-state index is 11.7. The predicted molar refractivity (Wildman–Crippen MR) is 73.7 cm³/mol. The van der Waals surface area contributed by atoms with Gasteiger partial charge in [0.25, 0.3) is 5.91 Å². The van der Waals surface area contributed by atoms with Crippen LogP contribution in [0, 0.1) is 0 Å². The van der Waals surface area contributed by atoms with Crippen LogP contribution in [0.5, 0.6) is 0 Å². The lowest BCUT2D eigenvalue weighted by Gasteiger charge is -2.05. The maximum atomic E-state index is 11.7. The van der Waals surface area contributed by atoms with Gasteiger partial charge in [0.05, 0.1) is 6.61 Å². The Bertz CT molecular complexity index is 357. The zero-order valence-corrected chi connectivity index (χ0v) is 12.0. The van der Waals surface area contributed by atoms with Crippen molar-refractivity contribution >= 4 is 18.3 Å². The molecule has 0 spiro atoms. The average molecular weight is 293 g/mol. The standard InChI is InChI=1S/C12H20N2O4.ClH/c1-16-8-7-13-5-6-14-12(15)11-4-3-10(18-11)9-17-2;/h3-4,13H,5-9H2,1-2H3,(H,14,15);1H. The van der Waals surface area contributed by atoms with Gasteiger partial charge >= 0.3 is 0 Å². The molecule has 1 amide bonds. The molecule has 0 bridgehead atoms. The second-order valence-corrected chi connectivity index (χ2v) is 3.70. The Kier molecular flexibility index (Phi) is 10.2. The first-order chi connectivity index (χ1) is 8.77. The summed E-state index contributed by atoms with van der Waals surface area (Å²) >= 11 is 0. The minimum Gasteiger partial charge on any atom is -0.453 e. The molecule has 1 heterocycles. The molecule has 0 aliphatic carbocycles. The summed E-state index contributed by atoms with van der Waals surface area (Å²) < 4.78 is 15.1. The van der Waals surface area contributed by atoms with Crippen LogP contribution in [0.3, 0.4) is 0 Å². The van der Waals surface area contributed by atoms with Crippen molar-refractivity contribution in [3.8, 4) is 0 Å². The zero-order valence-electron chi connectivity index (χ0n) is 11.2. The molecule has 7 heteroatoms. The Hall–Kier alpha value is -1.08. The third-order valence-electron chi connectivity index (χ3n) is 2.24. The van der Waals surface area contributed by atoms with Crippen molar-refractivity contribution in [2.24, 2.45) is 0 Å². The van der Waals surface area contributed by atoms with E-state index >= 15 is 0 Å². The Balaban J connectivity index is 0.00000324. The number of carbonyl (C=O) groups is 1. The minimum absolute atomic E-state index is 0. The first-order valence-corrected chi connectivity index (χ1v) is 5.83. The van der Waals surface area contributed by atoms with E-state index in [1.807, 2.05) is 0 Å². The summed E-state index contributed by atoms with van der Waals surface area (Å²) in [5.41, 5.74) is 0. The number of ether oxygens (including phenoxy) is 2. The Labute approximate surface area is 119 Å². The third-order valence-corrected chi connectivity index (χ3v) is 2.24. The molecule has 2 N–H and O–H groups in total. The summed E-state index contributed by atoms with van der Waals surface area (Å²) in [4.78, 5) is 11.7. The van der Waals surface area contributed by atoms with E-state index in [0.717, 1.165) is 6.54 Å². The lowest BCUT2D eigenvalue weighted by Crippen LogP contribution is -2.32. The molecule has 0 atom stereocenters. The number of hydrogen-bond acceptors (Lipinski definition) is 5. The van der Waals surface area contributed by atoms with Gasteiger partial charge in [0.1, 0.15) is 12.4 Å². The van der Waals surface area contributed by atoms with Crippen molar-refractivity contribution in [2.75, 3.05) is 40.5 Å². The monoisotopic (exact) mass is 292 g/mol. The second-order valence-electron chi connectivity index (χ2n) is 3.70. The number of carbonyl (C=O) groups excluding carboxylic acids is 1. The lowest BCUT2D eigenvalue weighted by atomic mass is 10.4. The summed E-state index contributed by atoms with van der Waals surface area (Å²) in [7, 11) is 3.23. The number of rotatable bonds is 9. The number of nitrogens with one attached hydrogen (secondary N) is 2. The highest BCUT2D eigenvalue weighted by Crippen LogP contribution is 2.08. The van der Waals surface area contributed by atoms with Crippen molar-refractivity contribution in [1.29, 1.82) is 0 Å². The Morgan fingerprint density at radius 3 is 2.68 bits per heavy atom. The maximum Gasteiger partial charge on any atom is 0.287 e. The number of furan rings is 1. The SMILES string of the molecule is COCCNCCNC(=O)c1ccc(COC)o1.Cl. The van der Waals surface area contributed by atoms with Crippen LogP contribution >= 0.6 is 12.4 Å². The fraction of sp³-hybridized carbons (Fsp3) is 0.583. The fourth-order valence-electron chi connectivity index (χ4n) is 1.37. The smallest absolute Gasteiger partial charge is 0.287 e. The van der Waals surface area contributed by atoms with Crippen molar-refractivity contribution in [1.82, 2.24) is 10.6 Å². The number of methoxy groups -OCH3 is 2. The van der Waals surface area contributed by atoms with Gasteiger partial charge in [0.15, 0.2) is 5.76 Å². The highest BCUT2D eigenvalue weighted by atomic mass is 35.5. The van der Waals surface area contributed by atoms with E-state index in [4.69, 9.17) is 13.9 Å². The van der Waals surface area contributed by atoms with E-state index in [1.54, 1.807) is 26.4 Å². The summed E-state index contributed by atoms with van der Waals surface area (Å²) in [6, 6.07) is 3.37. The van der Waals surface area contributed by atoms with E-state index in [-0.39, 0.29) is 18.3 Å². The van der Waals surface area contributed by atoms with E-state index in [2.05, 4.69) is 10.6 Å². The second kappa shape index (κ2) is 10.8. The molecule has 0 radical (unpaired) electrons. The largest absolute Gasteiger partial charge is 0.453 e. The van der Waals surface area contributed by atoms with Crippen LogP contribution in [0.15, 0.2) is 16.5 Å². The van der Waals surface area contributed by atoms with Gasteiger partial charge in [0, 0.05) is 33.9 Å². The van der Waals surface area contributed by atoms with E-state index in [9.17, 15) is 4.79 Å². The van der Waals surface area contributed by atoms with Crippen LogP contribution in [0.2, 0.25) is 0 Å². The fourth-order valence-corrected chi connectivity index (χ4v) is 1.37. The molecule has 6 nitrogen and oxygen atoms in total. The van der Waals surface area contributed by atoms with Crippen LogP contribution in [0.25, 0.3) is 0 Å². The van der Waals surface area contributed by atoms with E-state index < -0.39 is 0 Å². The Morgan fingerprint density at radius 1 is 1.21 bits per heavy atom. The molecular weight excluding hydrogens is 272 g/mol. The van der Waals surface area contributed by atoms with Gasteiger partial charge in [-0.05, 0) is 12.1 Å². The molecule has 0 saturated carbocycles. The average Bonchev–Trinajstić information content (AvgIpc) is 2.82. The van der Waals surface area contributed by atoms with Gasteiger partial charge in [0.2, 0.25) is 0 Å². The van der Waals surface area contributed by atoms with Crippen molar-refractivity contribution in [3.63, 3.8) is 0 Å². The highest BCUT2D eigenvalue weighted by molar-refractivity contribution is 5.91. The van der Waals surface area contributed by atoms with E-state index in [1.165, 1.54) is 0 Å². The van der Waals surface area contributed by atoms with Crippen LogP contribution in [0.1, 0.15) is 16.3 Å². The summed E-state index contributed by atoms with van der Waals surface area (Å²) in [5, 5.41) is 5.88. The summed E-state index contributed by atoms with van der Waals surface area (Å²) in [5.74, 6) is 0.728. The van der Waals surface area contributed by atoms with Crippen molar-refractivity contribution in [2.45, 2.75) is 6.61 Å². The van der Waals surface area contributed by atoms with Crippen molar-refractivity contribution < 1.29 is 18.7 Å². The molecule has 19 heavy (non-hydrogen) atoms. The van der Waals surface area contributed by atoms with Crippen LogP contribution in [-0.2, 0) is 16.1 Å². The molecule has 0 saturated heterocycles. The first kappa shape index (κ1) is 17.9. The van der Waals surface area contributed by atoms with Crippen LogP contribution < -0.4 is 10.6 Å². The topological polar surface area (TPSA) is 72.7 Å².